The number of carbonyl (C=O) groups excluding carboxylic acids is 2. The molecule has 0 spiro atoms. The van der Waals surface area contributed by atoms with Gasteiger partial charge < -0.3 is 10.0 Å². The first-order chi connectivity index (χ1) is 11.5. The monoisotopic (exact) mass is 321 g/mol. The zero-order chi connectivity index (χ0) is 17.1. The fraction of sp³-hybridized carbons (Fsp3) is 0.278. The quantitative estimate of drug-likeness (QED) is 0.814. The van der Waals surface area contributed by atoms with Crippen molar-refractivity contribution in [1.82, 2.24) is 4.90 Å². The molecule has 24 heavy (non-hydrogen) atoms. The van der Waals surface area contributed by atoms with Gasteiger partial charge in [-0.3, -0.25) is 4.79 Å². The summed E-state index contributed by atoms with van der Waals surface area (Å²) >= 11 is 0. The van der Waals surface area contributed by atoms with E-state index in [4.69, 9.17) is 0 Å². The molecule has 0 bridgehead atoms. The third kappa shape index (κ3) is 1.62. The number of hydrogen-bond donors (Lipinski definition) is 1. The van der Waals surface area contributed by atoms with E-state index in [0.29, 0.717) is 35.0 Å². The molecule has 0 saturated carbocycles. The van der Waals surface area contributed by atoms with E-state index in [-0.39, 0.29) is 0 Å². The Morgan fingerprint density at radius 2 is 1.92 bits per heavy atom. The number of nitrogens with zero attached hydrogens (tertiary/aromatic N) is 3. The number of aliphatic hydroxyl groups excluding tert-OH is 1. The van der Waals surface area contributed by atoms with Crippen molar-refractivity contribution in [3.05, 3.63) is 42.0 Å². The molecule has 0 aromatic heterocycles. The van der Waals surface area contributed by atoms with Gasteiger partial charge in [-0.25, -0.2) is 9.69 Å². The van der Waals surface area contributed by atoms with Crippen LogP contribution in [-0.2, 0) is 4.79 Å². The minimum Gasteiger partial charge on any atom is -0.390 e. The van der Waals surface area contributed by atoms with Crippen LogP contribution in [0.3, 0.4) is 0 Å². The summed E-state index contributed by atoms with van der Waals surface area (Å²) in [6, 6.07) is 12.1. The second kappa shape index (κ2) is 4.79. The minimum absolute atomic E-state index is 0.354. The van der Waals surface area contributed by atoms with Crippen molar-refractivity contribution in [3.63, 3.8) is 0 Å². The van der Waals surface area contributed by atoms with Gasteiger partial charge in [0.2, 0.25) is 0 Å². The van der Waals surface area contributed by atoms with E-state index >= 15 is 0 Å². The summed E-state index contributed by atoms with van der Waals surface area (Å²) < 4.78 is 0. The fourth-order valence-corrected chi connectivity index (χ4v) is 3.72. The van der Waals surface area contributed by atoms with Crippen LogP contribution in [0.4, 0.5) is 10.5 Å². The number of anilines is 1. The maximum Gasteiger partial charge on any atom is 0.332 e. The molecule has 2 aromatic rings. The summed E-state index contributed by atoms with van der Waals surface area (Å²) in [4.78, 5) is 28.3. The minimum atomic E-state index is -1.22. The molecule has 2 aromatic carbocycles. The third-order valence-corrected chi connectivity index (χ3v) is 5.16. The van der Waals surface area contributed by atoms with Gasteiger partial charge in [-0.05, 0) is 25.5 Å². The zero-order valence-electron chi connectivity index (χ0n) is 13.1. The van der Waals surface area contributed by atoms with Crippen LogP contribution in [-0.4, -0.2) is 40.1 Å². The number of hydrogen-bond acceptors (Lipinski definition) is 4. The maximum atomic E-state index is 13.0. The highest BCUT2D eigenvalue weighted by Crippen LogP contribution is 2.41. The van der Waals surface area contributed by atoms with Gasteiger partial charge in [0, 0.05) is 17.3 Å². The van der Waals surface area contributed by atoms with Gasteiger partial charge in [0.25, 0.3) is 5.91 Å². The largest absolute Gasteiger partial charge is 0.390 e. The van der Waals surface area contributed by atoms with E-state index in [0.717, 1.165) is 4.90 Å². The Bertz CT molecular complexity index is 933. The lowest BCUT2D eigenvalue weighted by molar-refractivity contribution is -0.126. The molecule has 6 heteroatoms. The van der Waals surface area contributed by atoms with Crippen LogP contribution in [0.2, 0.25) is 0 Å². The third-order valence-electron chi connectivity index (χ3n) is 5.16. The number of rotatable bonds is 1. The number of imide groups is 1. The first-order valence-electron chi connectivity index (χ1n) is 7.76. The zero-order valence-corrected chi connectivity index (χ0v) is 13.1. The van der Waals surface area contributed by atoms with E-state index < -0.39 is 23.6 Å². The molecule has 2 fully saturated rings. The predicted molar refractivity (Wildman–Crippen MR) is 87.3 cm³/mol. The van der Waals surface area contributed by atoms with Crippen LogP contribution in [0.5, 0.6) is 0 Å². The van der Waals surface area contributed by atoms with E-state index in [9.17, 15) is 20.0 Å². The predicted octanol–water partition coefficient (Wildman–Crippen LogP) is 2.00. The lowest BCUT2D eigenvalue weighted by Gasteiger charge is -2.26. The van der Waals surface area contributed by atoms with E-state index in [1.54, 1.807) is 37.3 Å². The average molecular weight is 321 g/mol. The molecular formula is C18H15N3O3. The number of benzene rings is 2. The fourth-order valence-electron chi connectivity index (χ4n) is 3.72. The molecule has 6 nitrogen and oxygen atoms in total. The average Bonchev–Trinajstić information content (AvgIpc) is 3.00. The Kier molecular flexibility index (Phi) is 2.93. The van der Waals surface area contributed by atoms with Gasteiger partial charge in [0.05, 0.1) is 23.4 Å². The SMILES string of the molecule is C[C@@]12C(=O)N(c3ccc(C#N)c4ccccc34)C(=O)N1CC[C@H]2O. The first-order valence-corrected chi connectivity index (χ1v) is 7.76. The number of urea groups is 1. The maximum absolute atomic E-state index is 13.0. The molecular weight excluding hydrogens is 306 g/mol. The standard InChI is InChI=1S/C18H15N3O3/c1-18-15(22)8-9-20(18)17(24)21(16(18)23)14-7-6-11(10-19)12-4-2-3-5-13(12)14/h2-7,15,22H,8-9H2,1H3/t15-,18-/m1/s1. The van der Waals surface area contributed by atoms with Crippen LogP contribution in [0.25, 0.3) is 10.8 Å². The highest BCUT2D eigenvalue weighted by Gasteiger charge is 2.61. The molecule has 3 amide bonds. The lowest BCUT2D eigenvalue weighted by Crippen LogP contribution is -2.49. The Morgan fingerprint density at radius 1 is 1.21 bits per heavy atom. The van der Waals surface area contributed by atoms with Crippen LogP contribution in [0.15, 0.2) is 36.4 Å². The van der Waals surface area contributed by atoms with Crippen molar-refractivity contribution in [2.24, 2.45) is 0 Å². The van der Waals surface area contributed by atoms with Crippen LogP contribution in [0, 0.1) is 11.3 Å². The molecule has 2 saturated heterocycles. The van der Waals surface area contributed by atoms with Crippen LogP contribution >= 0.6 is 0 Å². The van der Waals surface area contributed by atoms with E-state index in [2.05, 4.69) is 6.07 Å². The van der Waals surface area contributed by atoms with Crippen molar-refractivity contribution in [1.29, 1.82) is 5.26 Å². The van der Waals surface area contributed by atoms with Gasteiger partial charge in [0.15, 0.2) is 0 Å². The van der Waals surface area contributed by atoms with Gasteiger partial charge in [-0.2, -0.15) is 5.26 Å². The smallest absolute Gasteiger partial charge is 0.332 e. The summed E-state index contributed by atoms with van der Waals surface area (Å²) in [7, 11) is 0. The molecule has 2 heterocycles. The summed E-state index contributed by atoms with van der Waals surface area (Å²) in [5.41, 5.74) is -0.283. The molecule has 0 unspecified atom stereocenters. The number of fused-ring (bicyclic) bond motifs is 2. The van der Waals surface area contributed by atoms with Gasteiger partial charge in [0.1, 0.15) is 5.54 Å². The normalized spacial score (nSPS) is 26.1. The summed E-state index contributed by atoms with van der Waals surface area (Å²) in [6.45, 7) is 1.96. The molecule has 1 N–H and O–H groups in total. The van der Waals surface area contributed by atoms with E-state index in [1.165, 1.54) is 4.90 Å². The lowest BCUT2D eigenvalue weighted by atomic mass is 9.95. The number of nitriles is 1. The van der Waals surface area contributed by atoms with Crippen molar-refractivity contribution in [2.75, 3.05) is 11.4 Å². The second-order valence-electron chi connectivity index (χ2n) is 6.32. The van der Waals surface area contributed by atoms with Gasteiger partial charge in [-0.15, -0.1) is 0 Å². The van der Waals surface area contributed by atoms with Crippen molar-refractivity contribution < 1.29 is 14.7 Å². The molecule has 2 aliphatic rings. The first kappa shape index (κ1) is 14.7. The highest BCUT2D eigenvalue weighted by atomic mass is 16.3. The van der Waals surface area contributed by atoms with Gasteiger partial charge in [-0.1, -0.05) is 24.3 Å². The topological polar surface area (TPSA) is 84.6 Å². The summed E-state index contributed by atoms with van der Waals surface area (Å²) in [5.74, 6) is -0.424. The Labute approximate surface area is 138 Å². The Hall–Kier alpha value is -2.91. The van der Waals surface area contributed by atoms with Gasteiger partial charge >= 0.3 is 6.03 Å². The molecule has 120 valence electrons. The highest BCUT2D eigenvalue weighted by molar-refractivity contribution is 6.26. The molecule has 4 rings (SSSR count). The van der Waals surface area contributed by atoms with Crippen molar-refractivity contribution >= 4 is 28.4 Å². The van der Waals surface area contributed by atoms with Crippen LogP contribution in [0.1, 0.15) is 18.9 Å². The molecule has 2 aliphatic heterocycles. The van der Waals surface area contributed by atoms with Crippen LogP contribution < -0.4 is 4.90 Å². The Morgan fingerprint density at radius 3 is 2.58 bits per heavy atom. The van der Waals surface area contributed by atoms with Crippen molar-refractivity contribution in [2.45, 2.75) is 25.0 Å². The molecule has 0 radical (unpaired) electrons. The van der Waals surface area contributed by atoms with E-state index in [1.807, 2.05) is 6.07 Å². The second-order valence-corrected chi connectivity index (χ2v) is 6.32. The summed E-state index contributed by atoms with van der Waals surface area (Å²) in [6.07, 6.45) is -0.473. The number of aliphatic hydroxyl groups is 1. The number of carbonyl (C=O) groups is 2. The number of amides is 3. The Balaban J connectivity index is 1.92. The summed E-state index contributed by atoms with van der Waals surface area (Å²) in [5, 5.41) is 20.8. The molecule has 0 aliphatic carbocycles. The van der Waals surface area contributed by atoms with Crippen molar-refractivity contribution in [3.8, 4) is 6.07 Å². The molecule has 2 atom stereocenters.